The van der Waals surface area contributed by atoms with Gasteiger partial charge in [-0.3, -0.25) is 4.79 Å². The van der Waals surface area contributed by atoms with Crippen molar-refractivity contribution in [3.8, 4) is 0 Å². The van der Waals surface area contributed by atoms with Gasteiger partial charge in [0.15, 0.2) is 9.84 Å². The maximum atomic E-state index is 13.1. The SMILES string of the molecule is Cc1ccc(C(=O)N2CCC3CCCCC3C2)cc1S(=O)(=O)C1CCCC1. The first-order valence-corrected chi connectivity index (χ1v) is 12.2. The van der Waals surface area contributed by atoms with Crippen molar-refractivity contribution in [1.82, 2.24) is 4.90 Å². The zero-order valence-corrected chi connectivity index (χ0v) is 17.1. The summed E-state index contributed by atoms with van der Waals surface area (Å²) in [6, 6.07) is 5.26. The minimum atomic E-state index is -3.35. The van der Waals surface area contributed by atoms with Gasteiger partial charge in [-0.25, -0.2) is 8.42 Å². The van der Waals surface area contributed by atoms with Crippen molar-refractivity contribution < 1.29 is 13.2 Å². The van der Waals surface area contributed by atoms with Gasteiger partial charge in [0, 0.05) is 18.7 Å². The monoisotopic (exact) mass is 389 g/mol. The van der Waals surface area contributed by atoms with Crippen LogP contribution < -0.4 is 0 Å². The number of hydrogen-bond acceptors (Lipinski definition) is 3. The Balaban J connectivity index is 1.56. The Morgan fingerprint density at radius 2 is 1.63 bits per heavy atom. The van der Waals surface area contributed by atoms with Gasteiger partial charge in [-0.15, -0.1) is 0 Å². The largest absolute Gasteiger partial charge is 0.338 e. The molecule has 2 aliphatic carbocycles. The summed E-state index contributed by atoms with van der Waals surface area (Å²) in [5.74, 6) is 1.41. The predicted octanol–water partition coefficient (Wildman–Crippen LogP) is 4.36. The fourth-order valence-corrected chi connectivity index (χ4v) is 7.51. The third-order valence-electron chi connectivity index (χ3n) is 7.06. The highest BCUT2D eigenvalue weighted by molar-refractivity contribution is 7.92. The second kappa shape index (κ2) is 7.57. The van der Waals surface area contributed by atoms with Crippen LogP contribution >= 0.6 is 0 Å². The summed E-state index contributed by atoms with van der Waals surface area (Å²) < 4.78 is 26.1. The first-order valence-electron chi connectivity index (χ1n) is 10.6. The van der Waals surface area contributed by atoms with Crippen LogP contribution in [-0.4, -0.2) is 37.6 Å². The third kappa shape index (κ3) is 3.67. The molecule has 0 N–H and O–H groups in total. The van der Waals surface area contributed by atoms with E-state index in [1.807, 2.05) is 17.9 Å². The van der Waals surface area contributed by atoms with E-state index in [0.29, 0.717) is 16.4 Å². The molecule has 0 radical (unpaired) electrons. The van der Waals surface area contributed by atoms with E-state index in [4.69, 9.17) is 0 Å². The maximum absolute atomic E-state index is 13.1. The van der Waals surface area contributed by atoms with Crippen LogP contribution in [0.3, 0.4) is 0 Å². The fraction of sp³-hybridized carbons (Fsp3) is 0.682. The number of amides is 1. The molecule has 148 valence electrons. The molecule has 4 rings (SSSR count). The molecule has 1 aromatic carbocycles. The van der Waals surface area contributed by atoms with Crippen molar-refractivity contribution in [2.24, 2.45) is 11.8 Å². The minimum absolute atomic E-state index is 0.00176. The normalized spacial score (nSPS) is 26.8. The fourth-order valence-electron chi connectivity index (χ4n) is 5.39. The quantitative estimate of drug-likeness (QED) is 0.772. The molecular weight excluding hydrogens is 358 g/mol. The summed E-state index contributed by atoms with van der Waals surface area (Å²) in [6.07, 6.45) is 9.69. The Morgan fingerprint density at radius 3 is 2.37 bits per heavy atom. The van der Waals surface area contributed by atoms with Crippen LogP contribution in [-0.2, 0) is 9.84 Å². The van der Waals surface area contributed by atoms with Gasteiger partial charge in [0.2, 0.25) is 0 Å². The molecule has 0 aromatic heterocycles. The van der Waals surface area contributed by atoms with Crippen molar-refractivity contribution in [1.29, 1.82) is 0 Å². The molecule has 1 aromatic rings. The molecule has 1 aliphatic heterocycles. The van der Waals surface area contributed by atoms with Gasteiger partial charge < -0.3 is 4.90 Å². The lowest BCUT2D eigenvalue weighted by molar-refractivity contribution is 0.0520. The number of carbonyl (C=O) groups excluding carboxylic acids is 1. The standard InChI is InChI=1S/C22H31NO3S/c1-16-10-11-18(14-21(16)27(25,26)20-8-4-5-9-20)22(24)23-13-12-17-6-2-3-7-19(17)15-23/h10-11,14,17,19-20H,2-9,12-13,15H2,1H3. The van der Waals surface area contributed by atoms with Crippen LogP contribution in [0.4, 0.5) is 0 Å². The van der Waals surface area contributed by atoms with E-state index in [2.05, 4.69) is 0 Å². The molecule has 27 heavy (non-hydrogen) atoms. The Hall–Kier alpha value is -1.36. The summed E-state index contributed by atoms with van der Waals surface area (Å²) in [5, 5.41) is -0.278. The number of nitrogens with zero attached hydrogens (tertiary/aromatic N) is 1. The Bertz CT molecular complexity index is 811. The second-order valence-corrected chi connectivity index (χ2v) is 11.0. The average Bonchev–Trinajstić information content (AvgIpc) is 3.23. The number of hydrogen-bond donors (Lipinski definition) is 0. The minimum Gasteiger partial charge on any atom is -0.338 e. The molecule has 5 heteroatoms. The zero-order valence-electron chi connectivity index (χ0n) is 16.3. The van der Waals surface area contributed by atoms with E-state index < -0.39 is 9.84 Å². The van der Waals surface area contributed by atoms with E-state index >= 15 is 0 Å². The number of fused-ring (bicyclic) bond motifs is 1. The molecule has 4 nitrogen and oxygen atoms in total. The number of aryl methyl sites for hydroxylation is 1. The van der Waals surface area contributed by atoms with E-state index in [9.17, 15) is 13.2 Å². The first kappa shape index (κ1) is 19.0. The van der Waals surface area contributed by atoms with Gasteiger partial charge in [-0.1, -0.05) is 38.2 Å². The van der Waals surface area contributed by atoms with Crippen LogP contribution in [0, 0.1) is 18.8 Å². The van der Waals surface area contributed by atoms with Crippen molar-refractivity contribution in [3.05, 3.63) is 29.3 Å². The summed E-state index contributed by atoms with van der Waals surface area (Å²) >= 11 is 0. The molecule has 3 aliphatic rings. The molecule has 1 saturated heterocycles. The first-order chi connectivity index (χ1) is 13.0. The van der Waals surface area contributed by atoms with Crippen LogP contribution in [0.1, 0.15) is 73.7 Å². The van der Waals surface area contributed by atoms with Crippen LogP contribution in [0.15, 0.2) is 23.1 Å². The Morgan fingerprint density at radius 1 is 0.963 bits per heavy atom. The molecule has 1 amide bonds. The lowest BCUT2D eigenvalue weighted by Crippen LogP contribution is -2.44. The number of likely N-dealkylation sites (tertiary alicyclic amines) is 1. The smallest absolute Gasteiger partial charge is 0.253 e. The number of piperidine rings is 1. The van der Waals surface area contributed by atoms with Crippen LogP contribution in [0.5, 0.6) is 0 Å². The Labute approximate surface area is 163 Å². The molecule has 1 heterocycles. The summed E-state index contributed by atoms with van der Waals surface area (Å²) in [4.78, 5) is 15.4. The number of rotatable bonds is 3. The van der Waals surface area contributed by atoms with E-state index in [1.165, 1.54) is 25.7 Å². The third-order valence-corrected chi connectivity index (χ3v) is 9.46. The number of carbonyl (C=O) groups is 1. The number of sulfone groups is 1. The van der Waals surface area contributed by atoms with Gasteiger partial charge in [-0.05, 0) is 62.1 Å². The highest BCUT2D eigenvalue weighted by Gasteiger charge is 2.35. The highest BCUT2D eigenvalue weighted by Crippen LogP contribution is 2.37. The lowest BCUT2D eigenvalue weighted by Gasteiger charge is -2.41. The molecule has 2 unspecified atom stereocenters. The van der Waals surface area contributed by atoms with Gasteiger partial charge in [0.05, 0.1) is 10.1 Å². The maximum Gasteiger partial charge on any atom is 0.253 e. The predicted molar refractivity (Wildman–Crippen MR) is 107 cm³/mol. The van der Waals surface area contributed by atoms with E-state index in [0.717, 1.165) is 56.7 Å². The van der Waals surface area contributed by atoms with Gasteiger partial charge in [-0.2, -0.15) is 0 Å². The average molecular weight is 390 g/mol. The molecular formula is C22H31NO3S. The topological polar surface area (TPSA) is 54.5 Å². The summed E-state index contributed by atoms with van der Waals surface area (Å²) in [6.45, 7) is 3.48. The zero-order chi connectivity index (χ0) is 19.0. The highest BCUT2D eigenvalue weighted by atomic mass is 32.2. The van der Waals surface area contributed by atoms with Crippen molar-refractivity contribution in [2.75, 3.05) is 13.1 Å². The molecule has 0 bridgehead atoms. The van der Waals surface area contributed by atoms with Gasteiger partial charge >= 0.3 is 0 Å². The Kier molecular flexibility index (Phi) is 5.32. The molecule has 0 spiro atoms. The molecule has 3 fully saturated rings. The summed E-state index contributed by atoms with van der Waals surface area (Å²) in [7, 11) is -3.35. The summed E-state index contributed by atoms with van der Waals surface area (Å²) in [5.41, 5.74) is 1.29. The second-order valence-electron chi connectivity index (χ2n) is 8.78. The molecule has 2 atom stereocenters. The van der Waals surface area contributed by atoms with Crippen molar-refractivity contribution in [3.63, 3.8) is 0 Å². The van der Waals surface area contributed by atoms with E-state index in [1.54, 1.807) is 12.1 Å². The van der Waals surface area contributed by atoms with E-state index in [-0.39, 0.29) is 11.2 Å². The van der Waals surface area contributed by atoms with Gasteiger partial charge in [0.25, 0.3) is 5.91 Å². The van der Waals surface area contributed by atoms with Crippen molar-refractivity contribution in [2.45, 2.75) is 74.9 Å². The van der Waals surface area contributed by atoms with Crippen LogP contribution in [0.25, 0.3) is 0 Å². The van der Waals surface area contributed by atoms with Crippen LogP contribution in [0.2, 0.25) is 0 Å². The lowest BCUT2D eigenvalue weighted by atomic mass is 9.75. The number of benzene rings is 1. The molecule has 2 saturated carbocycles. The van der Waals surface area contributed by atoms with Gasteiger partial charge in [0.1, 0.15) is 0 Å². The van der Waals surface area contributed by atoms with Crippen molar-refractivity contribution >= 4 is 15.7 Å².